The monoisotopic (exact) mass is 235 g/mol. The number of ketones is 1. The molecular weight excluding hydrogens is 217 g/mol. The molecule has 1 aliphatic rings. The van der Waals surface area contributed by atoms with Gasteiger partial charge in [-0.05, 0) is 31.0 Å². The summed E-state index contributed by atoms with van der Waals surface area (Å²) >= 11 is 0. The first kappa shape index (κ1) is 12.2. The molecule has 0 aromatic heterocycles. The van der Waals surface area contributed by atoms with Gasteiger partial charge in [0.15, 0.2) is 5.78 Å². The van der Waals surface area contributed by atoms with Gasteiger partial charge in [0.1, 0.15) is 5.82 Å². The Labute approximate surface area is 101 Å². The van der Waals surface area contributed by atoms with Crippen LogP contribution in [0.25, 0.3) is 0 Å². The van der Waals surface area contributed by atoms with Crippen LogP contribution in [-0.2, 0) is 0 Å². The molecule has 1 aromatic carbocycles. The summed E-state index contributed by atoms with van der Waals surface area (Å²) in [5.74, 6) is -0.0222. The smallest absolute Gasteiger partial charge is 0.170 e. The van der Waals surface area contributed by atoms with Crippen LogP contribution in [0, 0.1) is 17.2 Å². The Hall–Kier alpha value is -1.22. The Kier molecular flexibility index (Phi) is 3.29. The fourth-order valence-corrected chi connectivity index (χ4v) is 2.58. The predicted molar refractivity (Wildman–Crippen MR) is 65.5 cm³/mol. The molecule has 1 heterocycles. The van der Waals surface area contributed by atoms with Crippen molar-refractivity contribution >= 4 is 5.78 Å². The Morgan fingerprint density at radius 2 is 2.24 bits per heavy atom. The zero-order valence-electron chi connectivity index (χ0n) is 10.3. The molecule has 0 spiro atoms. The van der Waals surface area contributed by atoms with Gasteiger partial charge < -0.3 is 5.32 Å². The average molecular weight is 235 g/mol. The van der Waals surface area contributed by atoms with Crippen molar-refractivity contribution in [2.24, 2.45) is 11.3 Å². The summed E-state index contributed by atoms with van der Waals surface area (Å²) in [5, 5.41) is 3.25. The normalized spacial score (nSPS) is 24.2. The average Bonchev–Trinajstić information content (AvgIpc) is 2.78. The number of hydrogen-bond donors (Lipinski definition) is 1. The molecular formula is C14H18FNO. The Morgan fingerprint density at radius 1 is 1.47 bits per heavy atom. The lowest BCUT2D eigenvalue weighted by Gasteiger charge is -2.31. The third-order valence-corrected chi connectivity index (χ3v) is 3.83. The van der Waals surface area contributed by atoms with Crippen molar-refractivity contribution < 1.29 is 9.18 Å². The molecule has 2 nitrogen and oxygen atoms in total. The zero-order chi connectivity index (χ0) is 12.5. The van der Waals surface area contributed by atoms with Crippen LogP contribution in [0.1, 0.15) is 30.6 Å². The topological polar surface area (TPSA) is 29.1 Å². The van der Waals surface area contributed by atoms with E-state index in [1.54, 1.807) is 12.1 Å². The highest BCUT2D eigenvalue weighted by atomic mass is 19.1. The molecule has 0 amide bonds. The van der Waals surface area contributed by atoms with Gasteiger partial charge in [-0.3, -0.25) is 4.79 Å². The summed E-state index contributed by atoms with van der Waals surface area (Å²) in [7, 11) is 0. The van der Waals surface area contributed by atoms with Gasteiger partial charge in [0.2, 0.25) is 0 Å². The summed E-state index contributed by atoms with van der Waals surface area (Å²) in [4.78, 5) is 12.6. The van der Waals surface area contributed by atoms with E-state index in [1.807, 2.05) is 0 Å². The lowest BCUT2D eigenvalue weighted by molar-refractivity contribution is 0.0739. The summed E-state index contributed by atoms with van der Waals surface area (Å²) in [6.07, 6.45) is 0.833. The summed E-state index contributed by atoms with van der Waals surface area (Å²) in [6.45, 7) is 5.67. The van der Waals surface area contributed by atoms with Crippen molar-refractivity contribution in [3.05, 3.63) is 35.6 Å². The second kappa shape index (κ2) is 4.57. The zero-order valence-corrected chi connectivity index (χ0v) is 10.3. The van der Waals surface area contributed by atoms with Crippen LogP contribution in [0.3, 0.4) is 0 Å². The van der Waals surface area contributed by atoms with Gasteiger partial charge in [0.05, 0.1) is 0 Å². The second-order valence-electron chi connectivity index (χ2n) is 5.08. The van der Waals surface area contributed by atoms with E-state index in [-0.39, 0.29) is 22.9 Å². The van der Waals surface area contributed by atoms with Crippen LogP contribution in [0.2, 0.25) is 0 Å². The van der Waals surface area contributed by atoms with E-state index in [2.05, 4.69) is 19.2 Å². The number of rotatable bonds is 3. The summed E-state index contributed by atoms with van der Waals surface area (Å²) in [5.41, 5.74) is 0.121. The second-order valence-corrected chi connectivity index (χ2v) is 5.08. The number of benzene rings is 1. The summed E-state index contributed by atoms with van der Waals surface area (Å²) < 4.78 is 13.2. The van der Waals surface area contributed by atoms with E-state index < -0.39 is 0 Å². The Bertz CT molecular complexity index is 422. The van der Waals surface area contributed by atoms with Gasteiger partial charge in [-0.25, -0.2) is 4.39 Å². The largest absolute Gasteiger partial charge is 0.316 e. The quantitative estimate of drug-likeness (QED) is 0.816. The fraction of sp³-hybridized carbons (Fsp3) is 0.500. The molecule has 0 saturated carbocycles. The molecule has 2 rings (SSSR count). The molecule has 92 valence electrons. The van der Waals surface area contributed by atoms with Crippen molar-refractivity contribution in [1.82, 2.24) is 5.32 Å². The SMILES string of the molecule is CC(C)C1(C(=O)c2cccc(F)c2)CCNC1. The number of halogens is 1. The highest BCUT2D eigenvalue weighted by Crippen LogP contribution is 2.37. The number of carbonyl (C=O) groups is 1. The molecule has 3 heteroatoms. The molecule has 0 aliphatic carbocycles. The minimum absolute atomic E-state index is 0.0667. The maximum absolute atomic E-state index is 13.2. The lowest BCUT2D eigenvalue weighted by Crippen LogP contribution is -2.38. The van der Waals surface area contributed by atoms with Crippen molar-refractivity contribution in [2.75, 3.05) is 13.1 Å². The molecule has 1 atom stereocenters. The van der Waals surface area contributed by atoms with Crippen molar-refractivity contribution in [2.45, 2.75) is 20.3 Å². The molecule has 1 aliphatic heterocycles. The highest BCUT2D eigenvalue weighted by molar-refractivity contribution is 6.01. The van der Waals surface area contributed by atoms with Crippen molar-refractivity contribution in [3.8, 4) is 0 Å². The van der Waals surface area contributed by atoms with Crippen LogP contribution < -0.4 is 5.32 Å². The van der Waals surface area contributed by atoms with Crippen molar-refractivity contribution in [1.29, 1.82) is 0 Å². The Balaban J connectivity index is 2.35. The maximum atomic E-state index is 13.2. The van der Waals surface area contributed by atoms with Crippen LogP contribution >= 0.6 is 0 Å². The molecule has 0 bridgehead atoms. The van der Waals surface area contributed by atoms with E-state index in [0.29, 0.717) is 12.1 Å². The first-order valence-electron chi connectivity index (χ1n) is 6.07. The van der Waals surface area contributed by atoms with Gasteiger partial charge in [0.25, 0.3) is 0 Å². The lowest BCUT2D eigenvalue weighted by atomic mass is 9.71. The third kappa shape index (κ3) is 2.12. The van der Waals surface area contributed by atoms with E-state index >= 15 is 0 Å². The maximum Gasteiger partial charge on any atom is 0.170 e. The van der Waals surface area contributed by atoms with E-state index in [4.69, 9.17) is 0 Å². The van der Waals surface area contributed by atoms with Gasteiger partial charge >= 0.3 is 0 Å². The molecule has 17 heavy (non-hydrogen) atoms. The predicted octanol–water partition coefficient (Wildman–Crippen LogP) is 2.64. The minimum Gasteiger partial charge on any atom is -0.316 e. The molecule has 1 unspecified atom stereocenters. The minimum atomic E-state index is -0.367. The van der Waals surface area contributed by atoms with E-state index in [9.17, 15) is 9.18 Å². The first-order chi connectivity index (χ1) is 8.06. The standard InChI is InChI=1S/C14H18FNO/c1-10(2)14(6-7-16-9-14)13(17)11-4-3-5-12(15)8-11/h3-5,8,10,16H,6-7,9H2,1-2H3. The number of hydrogen-bond acceptors (Lipinski definition) is 2. The van der Waals surface area contributed by atoms with Gasteiger partial charge in [0, 0.05) is 17.5 Å². The van der Waals surface area contributed by atoms with Crippen LogP contribution in [0.5, 0.6) is 0 Å². The van der Waals surface area contributed by atoms with Crippen molar-refractivity contribution in [3.63, 3.8) is 0 Å². The van der Waals surface area contributed by atoms with E-state index in [1.165, 1.54) is 12.1 Å². The first-order valence-corrected chi connectivity index (χ1v) is 6.07. The fourth-order valence-electron chi connectivity index (χ4n) is 2.58. The van der Waals surface area contributed by atoms with Crippen LogP contribution in [0.4, 0.5) is 4.39 Å². The summed E-state index contributed by atoms with van der Waals surface area (Å²) in [6, 6.07) is 6.00. The van der Waals surface area contributed by atoms with E-state index in [0.717, 1.165) is 13.0 Å². The third-order valence-electron chi connectivity index (χ3n) is 3.83. The highest BCUT2D eigenvalue weighted by Gasteiger charge is 2.43. The number of nitrogens with one attached hydrogen (secondary N) is 1. The number of Topliss-reactive ketones (excluding diaryl/α,β-unsaturated/α-hetero) is 1. The molecule has 1 N–H and O–H groups in total. The molecule has 1 fully saturated rings. The van der Waals surface area contributed by atoms with Crippen LogP contribution in [-0.4, -0.2) is 18.9 Å². The molecule has 1 aromatic rings. The number of carbonyl (C=O) groups excluding carboxylic acids is 1. The Morgan fingerprint density at radius 3 is 2.76 bits per heavy atom. The van der Waals surface area contributed by atoms with Gasteiger partial charge in [-0.15, -0.1) is 0 Å². The molecule has 0 radical (unpaired) electrons. The van der Waals surface area contributed by atoms with Gasteiger partial charge in [-0.2, -0.15) is 0 Å². The van der Waals surface area contributed by atoms with Gasteiger partial charge in [-0.1, -0.05) is 26.0 Å². The molecule has 1 saturated heterocycles. The van der Waals surface area contributed by atoms with Crippen LogP contribution in [0.15, 0.2) is 24.3 Å².